The molecule has 1 aromatic rings. The normalized spacial score (nSPS) is 24.6. The van der Waals surface area contributed by atoms with Crippen molar-refractivity contribution in [1.82, 2.24) is 5.32 Å². The maximum Gasteiger partial charge on any atom is 0.419 e. The molecule has 1 spiro atoms. The maximum atomic E-state index is 12.9. The third kappa shape index (κ3) is 4.10. The van der Waals surface area contributed by atoms with E-state index in [2.05, 4.69) is 5.32 Å². The Hall–Kier alpha value is -1.31. The number of halogens is 3. The lowest BCUT2D eigenvalue weighted by Gasteiger charge is -2.31. The fourth-order valence-corrected chi connectivity index (χ4v) is 3.63. The molecule has 3 rings (SSSR count). The van der Waals surface area contributed by atoms with E-state index in [1.165, 1.54) is 18.6 Å². The van der Waals surface area contributed by atoms with Crippen LogP contribution < -0.4 is 5.32 Å². The van der Waals surface area contributed by atoms with Gasteiger partial charge in [0.25, 0.3) is 0 Å². The molecule has 1 heterocycles. The van der Waals surface area contributed by atoms with Crippen LogP contribution in [0.25, 0.3) is 0 Å². The van der Waals surface area contributed by atoms with E-state index in [1.807, 2.05) is 0 Å². The summed E-state index contributed by atoms with van der Waals surface area (Å²) >= 11 is 0. The largest absolute Gasteiger partial charge is 0.507 e. The first kappa shape index (κ1) is 18.5. The van der Waals surface area contributed by atoms with Crippen molar-refractivity contribution >= 4 is 0 Å². The highest BCUT2D eigenvalue weighted by atomic mass is 19.4. The molecule has 0 amide bonds. The average molecular weight is 359 g/mol. The molecule has 2 N–H and O–H groups in total. The van der Waals surface area contributed by atoms with Gasteiger partial charge < -0.3 is 19.9 Å². The van der Waals surface area contributed by atoms with Crippen molar-refractivity contribution in [2.24, 2.45) is 0 Å². The number of phenolic OH excluding ortho intramolecular Hbond substituents is 1. The molecule has 2 fully saturated rings. The zero-order chi connectivity index (χ0) is 18.1. The summed E-state index contributed by atoms with van der Waals surface area (Å²) in [5, 5.41) is 13.1. The first-order chi connectivity index (χ1) is 11.8. The topological polar surface area (TPSA) is 50.7 Å². The number of nitrogens with one attached hydrogen (secondary N) is 1. The Labute approximate surface area is 145 Å². The molecule has 4 nitrogen and oxygen atoms in total. The third-order valence-corrected chi connectivity index (χ3v) is 5.02. The predicted molar refractivity (Wildman–Crippen MR) is 86.2 cm³/mol. The number of hydrogen-bond acceptors (Lipinski definition) is 4. The first-order valence-corrected chi connectivity index (χ1v) is 8.75. The number of hydrogen-bond donors (Lipinski definition) is 2. The Morgan fingerprint density at radius 2 is 2.00 bits per heavy atom. The Kier molecular flexibility index (Phi) is 5.27. The molecule has 7 heteroatoms. The number of ether oxygens (including phenoxy) is 2. The summed E-state index contributed by atoms with van der Waals surface area (Å²) in [6.07, 6.45) is 0.469. The summed E-state index contributed by atoms with van der Waals surface area (Å²) in [5.74, 6) is -1.19. The molecule has 2 atom stereocenters. The van der Waals surface area contributed by atoms with Gasteiger partial charge in [-0.3, -0.25) is 0 Å². The minimum atomic E-state index is -4.57. The molecule has 1 saturated heterocycles. The van der Waals surface area contributed by atoms with Crippen molar-refractivity contribution in [3.8, 4) is 5.75 Å². The fraction of sp³-hybridized carbons (Fsp3) is 0.667. The minimum Gasteiger partial charge on any atom is -0.507 e. The van der Waals surface area contributed by atoms with Crippen molar-refractivity contribution in [2.45, 2.75) is 63.1 Å². The molecule has 0 bridgehead atoms. The summed E-state index contributed by atoms with van der Waals surface area (Å²) in [7, 11) is 0. The molecule has 1 aromatic carbocycles. The quantitative estimate of drug-likeness (QED) is 0.848. The lowest BCUT2D eigenvalue weighted by Crippen LogP contribution is -2.36. The molecular weight excluding hydrogens is 335 g/mol. The van der Waals surface area contributed by atoms with E-state index >= 15 is 0 Å². The van der Waals surface area contributed by atoms with Crippen molar-refractivity contribution in [2.75, 3.05) is 13.2 Å². The van der Waals surface area contributed by atoms with Gasteiger partial charge in [-0.15, -0.1) is 0 Å². The van der Waals surface area contributed by atoms with Gasteiger partial charge in [-0.1, -0.05) is 18.6 Å². The second kappa shape index (κ2) is 7.13. The van der Waals surface area contributed by atoms with Crippen molar-refractivity contribution in [3.63, 3.8) is 0 Å². The van der Waals surface area contributed by atoms with Crippen LogP contribution in [0, 0.1) is 0 Å². The van der Waals surface area contributed by atoms with Gasteiger partial charge in [0.1, 0.15) is 5.75 Å². The van der Waals surface area contributed by atoms with Gasteiger partial charge >= 0.3 is 6.18 Å². The molecule has 140 valence electrons. The third-order valence-electron chi connectivity index (χ3n) is 5.02. The highest BCUT2D eigenvalue weighted by Crippen LogP contribution is 2.40. The van der Waals surface area contributed by atoms with Crippen LogP contribution in [0.1, 0.15) is 56.2 Å². The van der Waals surface area contributed by atoms with E-state index in [-0.39, 0.29) is 11.7 Å². The van der Waals surface area contributed by atoms with Crippen LogP contribution in [0.5, 0.6) is 5.75 Å². The second-order valence-corrected chi connectivity index (χ2v) is 6.89. The zero-order valence-electron chi connectivity index (χ0n) is 14.2. The summed E-state index contributed by atoms with van der Waals surface area (Å²) in [6, 6.07) is 3.25. The van der Waals surface area contributed by atoms with Crippen molar-refractivity contribution in [3.05, 3.63) is 29.3 Å². The fourth-order valence-electron chi connectivity index (χ4n) is 3.63. The Morgan fingerprint density at radius 1 is 1.28 bits per heavy atom. The van der Waals surface area contributed by atoms with Crippen LogP contribution in [0.2, 0.25) is 0 Å². The molecule has 0 aromatic heterocycles. The Balaban J connectivity index is 1.59. The van der Waals surface area contributed by atoms with Crippen LogP contribution in [0.15, 0.2) is 18.2 Å². The van der Waals surface area contributed by atoms with Crippen LogP contribution in [0.3, 0.4) is 0 Å². The summed E-state index contributed by atoms with van der Waals surface area (Å²) in [5.41, 5.74) is -0.790. The number of benzene rings is 1. The SMILES string of the molecule is C[C@H](NC[C@H]1COC2(CCCCC2)O1)c1cccc(C(F)(F)F)c1O. The van der Waals surface area contributed by atoms with E-state index in [0.29, 0.717) is 13.2 Å². The molecule has 0 radical (unpaired) electrons. The maximum absolute atomic E-state index is 12.9. The molecule has 25 heavy (non-hydrogen) atoms. The second-order valence-electron chi connectivity index (χ2n) is 6.89. The number of alkyl halides is 3. The molecular formula is C18H24F3NO3. The average Bonchev–Trinajstić information content (AvgIpc) is 2.95. The highest BCUT2D eigenvalue weighted by molar-refractivity contribution is 5.43. The predicted octanol–water partition coefficient (Wildman–Crippen LogP) is 4.14. The van der Waals surface area contributed by atoms with E-state index in [9.17, 15) is 18.3 Å². The summed E-state index contributed by atoms with van der Waals surface area (Å²) < 4.78 is 50.6. The van der Waals surface area contributed by atoms with Gasteiger partial charge in [-0.2, -0.15) is 13.2 Å². The number of phenols is 1. The molecule has 0 unspecified atom stereocenters. The number of aromatic hydroxyl groups is 1. The van der Waals surface area contributed by atoms with Crippen molar-refractivity contribution in [1.29, 1.82) is 0 Å². The first-order valence-electron chi connectivity index (χ1n) is 8.75. The molecule has 1 saturated carbocycles. The Morgan fingerprint density at radius 3 is 2.68 bits per heavy atom. The monoisotopic (exact) mass is 359 g/mol. The van der Waals surface area contributed by atoms with Crippen LogP contribution in [-0.4, -0.2) is 30.1 Å². The molecule has 1 aliphatic carbocycles. The van der Waals surface area contributed by atoms with Crippen LogP contribution in [-0.2, 0) is 15.7 Å². The van der Waals surface area contributed by atoms with Gasteiger partial charge in [0.15, 0.2) is 5.79 Å². The van der Waals surface area contributed by atoms with Gasteiger partial charge in [0, 0.05) is 31.0 Å². The van der Waals surface area contributed by atoms with Gasteiger partial charge in [-0.25, -0.2) is 0 Å². The van der Waals surface area contributed by atoms with E-state index in [0.717, 1.165) is 31.7 Å². The van der Waals surface area contributed by atoms with Crippen molar-refractivity contribution < 1.29 is 27.8 Å². The van der Waals surface area contributed by atoms with E-state index in [1.54, 1.807) is 6.92 Å². The minimum absolute atomic E-state index is 0.131. The van der Waals surface area contributed by atoms with Gasteiger partial charge in [0.2, 0.25) is 0 Å². The van der Waals surface area contributed by atoms with Crippen LogP contribution >= 0.6 is 0 Å². The van der Waals surface area contributed by atoms with Gasteiger partial charge in [0.05, 0.1) is 18.3 Å². The molecule has 2 aliphatic rings. The van der Waals surface area contributed by atoms with E-state index < -0.39 is 29.3 Å². The summed E-state index contributed by atoms with van der Waals surface area (Å²) in [6.45, 7) is 2.66. The highest BCUT2D eigenvalue weighted by Gasteiger charge is 2.42. The number of rotatable bonds is 4. The van der Waals surface area contributed by atoms with Gasteiger partial charge in [-0.05, 0) is 25.8 Å². The van der Waals surface area contributed by atoms with E-state index in [4.69, 9.17) is 9.47 Å². The standard InChI is InChI=1S/C18H24F3NO3/c1-12(14-6-5-7-15(16(14)23)18(19,20)21)22-10-13-11-24-17(25-13)8-3-2-4-9-17/h5-7,12-13,22-23H,2-4,8-11H2,1H3/t12-,13-/m0/s1. The summed E-state index contributed by atoms with van der Waals surface area (Å²) in [4.78, 5) is 0. The smallest absolute Gasteiger partial charge is 0.419 e. The van der Waals surface area contributed by atoms with Crippen LogP contribution in [0.4, 0.5) is 13.2 Å². The Bertz CT molecular complexity index is 600. The lowest BCUT2D eigenvalue weighted by molar-refractivity contribution is -0.186. The zero-order valence-corrected chi connectivity index (χ0v) is 14.2. The lowest BCUT2D eigenvalue weighted by atomic mass is 9.94. The number of para-hydroxylation sites is 1. The molecule has 1 aliphatic heterocycles.